The van der Waals surface area contributed by atoms with E-state index in [4.69, 9.17) is 9.47 Å². The second-order valence-electron chi connectivity index (χ2n) is 6.26. The zero-order valence-corrected chi connectivity index (χ0v) is 14.5. The minimum atomic E-state index is -0.422. The molecule has 0 spiro atoms. The van der Waals surface area contributed by atoms with E-state index in [9.17, 15) is 9.59 Å². The fourth-order valence-electron chi connectivity index (χ4n) is 1.44. The van der Waals surface area contributed by atoms with Crippen molar-refractivity contribution in [2.24, 2.45) is 0 Å². The SMILES string of the molecule is C=C(C)C(=O)OCCCOC(=O)C(C)=CCCNC(C)(C)C. The minimum absolute atomic E-state index is 0.0729. The summed E-state index contributed by atoms with van der Waals surface area (Å²) in [7, 11) is 0. The summed E-state index contributed by atoms with van der Waals surface area (Å²) in [5.41, 5.74) is 1.03. The van der Waals surface area contributed by atoms with E-state index in [0.717, 1.165) is 13.0 Å². The van der Waals surface area contributed by atoms with E-state index >= 15 is 0 Å². The molecule has 0 amide bonds. The van der Waals surface area contributed by atoms with Gasteiger partial charge < -0.3 is 14.8 Å². The standard InChI is InChI=1S/C17H29NO4/c1-13(2)15(19)21-11-8-12-22-16(20)14(3)9-7-10-18-17(4,5)6/h9,18H,1,7-8,10-12H2,2-6H3. The summed E-state index contributed by atoms with van der Waals surface area (Å²) in [6.45, 7) is 14.4. The molecule has 0 rings (SSSR count). The molecule has 5 heteroatoms. The van der Waals surface area contributed by atoms with Crippen LogP contribution >= 0.6 is 0 Å². The molecule has 0 atom stereocenters. The first-order valence-electron chi connectivity index (χ1n) is 7.55. The van der Waals surface area contributed by atoms with E-state index in [1.807, 2.05) is 6.08 Å². The average molecular weight is 311 g/mol. The lowest BCUT2D eigenvalue weighted by Gasteiger charge is -2.19. The van der Waals surface area contributed by atoms with Crippen molar-refractivity contribution in [3.05, 3.63) is 23.8 Å². The quantitative estimate of drug-likeness (QED) is 0.403. The summed E-state index contributed by atoms with van der Waals surface area (Å²) in [4.78, 5) is 22.8. The topological polar surface area (TPSA) is 64.6 Å². The highest BCUT2D eigenvalue weighted by Crippen LogP contribution is 2.02. The first-order valence-corrected chi connectivity index (χ1v) is 7.55. The molecule has 0 aliphatic rings. The highest BCUT2D eigenvalue weighted by molar-refractivity contribution is 5.87. The fourth-order valence-corrected chi connectivity index (χ4v) is 1.44. The van der Waals surface area contributed by atoms with Gasteiger partial charge in [-0.2, -0.15) is 0 Å². The first-order chi connectivity index (χ1) is 10.1. The predicted molar refractivity (Wildman–Crippen MR) is 87.5 cm³/mol. The molecule has 0 fully saturated rings. The summed E-state index contributed by atoms with van der Waals surface area (Å²) in [6.07, 6.45) is 3.11. The molecule has 0 saturated heterocycles. The Morgan fingerprint density at radius 2 is 1.64 bits per heavy atom. The van der Waals surface area contributed by atoms with Crippen LogP contribution in [0.4, 0.5) is 0 Å². The van der Waals surface area contributed by atoms with Crippen LogP contribution in [0.1, 0.15) is 47.5 Å². The smallest absolute Gasteiger partial charge is 0.333 e. The van der Waals surface area contributed by atoms with Crippen molar-refractivity contribution in [1.29, 1.82) is 0 Å². The second-order valence-corrected chi connectivity index (χ2v) is 6.26. The van der Waals surface area contributed by atoms with E-state index in [-0.39, 0.29) is 24.7 Å². The van der Waals surface area contributed by atoms with Gasteiger partial charge in [-0.05, 0) is 47.6 Å². The molecule has 1 N–H and O–H groups in total. The van der Waals surface area contributed by atoms with Crippen LogP contribution in [0.15, 0.2) is 23.8 Å². The number of esters is 2. The summed E-state index contributed by atoms with van der Waals surface area (Å²) in [5.74, 6) is -0.754. The normalized spacial score (nSPS) is 12.0. The van der Waals surface area contributed by atoms with Crippen molar-refractivity contribution >= 4 is 11.9 Å². The lowest BCUT2D eigenvalue weighted by molar-refractivity contribution is -0.141. The third-order valence-corrected chi connectivity index (χ3v) is 2.68. The fraction of sp³-hybridized carbons (Fsp3) is 0.647. The number of hydrogen-bond donors (Lipinski definition) is 1. The van der Waals surface area contributed by atoms with Gasteiger partial charge in [0.1, 0.15) is 0 Å². The molecule has 0 aliphatic carbocycles. The molecule has 0 unspecified atom stereocenters. The largest absolute Gasteiger partial charge is 0.462 e. The van der Waals surface area contributed by atoms with E-state index in [0.29, 0.717) is 17.6 Å². The summed E-state index contributed by atoms with van der Waals surface area (Å²) >= 11 is 0. The van der Waals surface area contributed by atoms with Gasteiger partial charge in [0.25, 0.3) is 0 Å². The van der Waals surface area contributed by atoms with Crippen LogP contribution < -0.4 is 5.32 Å². The number of carbonyl (C=O) groups is 2. The predicted octanol–water partition coefficient (Wildman–Crippen LogP) is 2.76. The van der Waals surface area contributed by atoms with Gasteiger partial charge in [-0.1, -0.05) is 12.7 Å². The first kappa shape index (κ1) is 20.4. The number of nitrogens with one attached hydrogen (secondary N) is 1. The van der Waals surface area contributed by atoms with Gasteiger partial charge in [-0.15, -0.1) is 0 Å². The number of rotatable bonds is 9. The number of hydrogen-bond acceptors (Lipinski definition) is 5. The highest BCUT2D eigenvalue weighted by atomic mass is 16.5. The van der Waals surface area contributed by atoms with Gasteiger partial charge in [-0.3, -0.25) is 0 Å². The minimum Gasteiger partial charge on any atom is -0.462 e. The third-order valence-electron chi connectivity index (χ3n) is 2.68. The van der Waals surface area contributed by atoms with Crippen LogP contribution in [0.5, 0.6) is 0 Å². The molecular weight excluding hydrogens is 282 g/mol. The molecule has 0 aromatic carbocycles. The van der Waals surface area contributed by atoms with Gasteiger partial charge >= 0.3 is 11.9 Å². The van der Waals surface area contributed by atoms with Crippen LogP contribution in [-0.4, -0.2) is 37.2 Å². The maximum Gasteiger partial charge on any atom is 0.333 e. The molecule has 0 saturated carbocycles. The van der Waals surface area contributed by atoms with Crippen molar-refractivity contribution in [2.75, 3.05) is 19.8 Å². The van der Waals surface area contributed by atoms with Crippen molar-refractivity contribution in [3.63, 3.8) is 0 Å². The number of carbonyl (C=O) groups excluding carboxylic acids is 2. The monoisotopic (exact) mass is 311 g/mol. The van der Waals surface area contributed by atoms with Gasteiger partial charge in [0.15, 0.2) is 0 Å². The molecule has 0 heterocycles. The van der Waals surface area contributed by atoms with Crippen molar-refractivity contribution in [1.82, 2.24) is 5.32 Å². The van der Waals surface area contributed by atoms with Gasteiger partial charge in [0.2, 0.25) is 0 Å². The number of ether oxygens (including phenoxy) is 2. The summed E-state index contributed by atoms with van der Waals surface area (Å²) < 4.78 is 10.0. The highest BCUT2D eigenvalue weighted by Gasteiger charge is 2.08. The molecule has 0 radical (unpaired) electrons. The van der Waals surface area contributed by atoms with Crippen molar-refractivity contribution in [2.45, 2.75) is 53.0 Å². The Hall–Kier alpha value is -1.62. The Morgan fingerprint density at radius 3 is 2.14 bits per heavy atom. The lowest BCUT2D eigenvalue weighted by Crippen LogP contribution is -2.36. The molecule has 0 bridgehead atoms. The van der Waals surface area contributed by atoms with E-state index in [1.165, 1.54) is 0 Å². The zero-order chi connectivity index (χ0) is 17.2. The van der Waals surface area contributed by atoms with Gasteiger partial charge in [-0.25, -0.2) is 9.59 Å². The Bertz CT molecular complexity index is 419. The Morgan fingerprint density at radius 1 is 1.09 bits per heavy atom. The van der Waals surface area contributed by atoms with E-state index in [1.54, 1.807) is 13.8 Å². The van der Waals surface area contributed by atoms with Crippen molar-refractivity contribution in [3.8, 4) is 0 Å². The third kappa shape index (κ3) is 11.1. The van der Waals surface area contributed by atoms with Crippen LogP contribution in [0.2, 0.25) is 0 Å². The van der Waals surface area contributed by atoms with Crippen LogP contribution in [0.3, 0.4) is 0 Å². The van der Waals surface area contributed by atoms with Crippen LogP contribution in [-0.2, 0) is 19.1 Å². The molecule has 0 aromatic rings. The maximum atomic E-state index is 11.7. The molecule has 22 heavy (non-hydrogen) atoms. The molecule has 5 nitrogen and oxygen atoms in total. The van der Waals surface area contributed by atoms with Gasteiger partial charge in [0.05, 0.1) is 13.2 Å². The van der Waals surface area contributed by atoms with Gasteiger partial charge in [0, 0.05) is 23.1 Å². The molecule has 126 valence electrons. The Kier molecular flexibility index (Phi) is 9.42. The Balaban J connectivity index is 3.82. The second kappa shape index (κ2) is 10.2. The summed E-state index contributed by atoms with van der Waals surface area (Å²) in [5, 5.41) is 3.34. The molecule has 0 aliphatic heterocycles. The van der Waals surface area contributed by atoms with Crippen molar-refractivity contribution < 1.29 is 19.1 Å². The lowest BCUT2D eigenvalue weighted by atomic mass is 10.1. The van der Waals surface area contributed by atoms with Crippen LogP contribution in [0, 0.1) is 0 Å². The summed E-state index contributed by atoms with van der Waals surface area (Å²) in [6, 6.07) is 0. The average Bonchev–Trinajstić information content (AvgIpc) is 2.41. The molecular formula is C17H29NO4. The van der Waals surface area contributed by atoms with E-state index < -0.39 is 5.97 Å². The zero-order valence-electron chi connectivity index (χ0n) is 14.5. The van der Waals surface area contributed by atoms with E-state index in [2.05, 4.69) is 32.7 Å². The molecule has 0 aromatic heterocycles. The van der Waals surface area contributed by atoms with Crippen LogP contribution in [0.25, 0.3) is 0 Å². The Labute approximate surface area is 133 Å². The maximum absolute atomic E-state index is 11.7.